The summed E-state index contributed by atoms with van der Waals surface area (Å²) in [5, 5.41) is 14.7. The molecule has 4 nitrogen and oxygen atoms in total. The lowest BCUT2D eigenvalue weighted by Crippen LogP contribution is -2.20. The number of phenolic OH excluding ortho intramolecular Hbond substituents is 1. The van der Waals surface area contributed by atoms with Crippen molar-refractivity contribution in [2.75, 3.05) is 0 Å². The molecule has 1 aromatic rings. The number of hydrogen-bond acceptors (Lipinski definition) is 2. The Morgan fingerprint density at radius 2 is 1.38 bits per heavy atom. The van der Waals surface area contributed by atoms with Crippen molar-refractivity contribution in [3.63, 3.8) is 0 Å². The minimum absolute atomic E-state index is 0. The number of guanidine groups is 1. The summed E-state index contributed by atoms with van der Waals surface area (Å²) in [5.74, 6) is -0.0116. The minimum Gasteiger partial charge on any atom is -0.508 e. The summed E-state index contributed by atoms with van der Waals surface area (Å²) >= 11 is 14.4. The van der Waals surface area contributed by atoms with Crippen LogP contribution in [0.3, 0.4) is 0 Å². The summed E-state index contributed by atoms with van der Waals surface area (Å²) in [6, 6.07) is 8.71. The van der Waals surface area contributed by atoms with Crippen LogP contribution in [0.15, 0.2) is 30.3 Å². The highest BCUT2D eigenvalue weighted by molar-refractivity contribution is 6.63. The maximum Gasteiger partial charge on any atom is 0.183 e. The number of hydrogen-bond donors (Lipinski definition) is 4. The molecule has 94 valence electrons. The zero-order valence-electron chi connectivity index (χ0n) is 8.11. The van der Waals surface area contributed by atoms with Crippen LogP contribution < -0.4 is 11.5 Å². The van der Waals surface area contributed by atoms with Crippen molar-refractivity contribution < 1.29 is 5.11 Å². The first kappa shape index (κ1) is 20.8. The summed E-state index contributed by atoms with van der Waals surface area (Å²) in [6.45, 7) is 0. The van der Waals surface area contributed by atoms with Crippen molar-refractivity contribution in [1.82, 2.24) is 0 Å². The number of phenols is 1. The number of benzene rings is 1. The molecule has 0 aliphatic carbocycles. The first-order chi connectivity index (χ1) is 6.86. The second-order valence-electron chi connectivity index (χ2n) is 2.04. The smallest absolute Gasteiger partial charge is 0.183 e. The fourth-order valence-corrected chi connectivity index (χ4v) is 0.428. The van der Waals surface area contributed by atoms with E-state index in [2.05, 4.69) is 11.5 Å². The number of nitrogens with one attached hydrogen (secondary N) is 1. The van der Waals surface area contributed by atoms with Crippen molar-refractivity contribution in [3.05, 3.63) is 30.3 Å². The van der Waals surface area contributed by atoms with Gasteiger partial charge in [-0.25, -0.2) is 0 Å². The maximum absolute atomic E-state index is 8.63. The predicted octanol–water partition coefficient (Wildman–Crippen LogP) is 2.64. The van der Waals surface area contributed by atoms with Crippen molar-refractivity contribution in [1.29, 1.82) is 5.41 Å². The highest BCUT2D eigenvalue weighted by atomic mass is 35.6. The Morgan fingerprint density at radius 3 is 1.50 bits per heavy atom. The molecule has 0 aliphatic rings. The Hall–Kier alpha value is -0.550. The van der Waals surface area contributed by atoms with Crippen LogP contribution in [0, 0.1) is 5.41 Å². The molecule has 0 saturated carbocycles. The number of nitrogens with two attached hydrogens (primary N) is 2. The van der Waals surface area contributed by atoms with E-state index in [9.17, 15) is 0 Å². The first-order valence-corrected chi connectivity index (χ1v) is 4.93. The number of rotatable bonds is 0. The molecule has 1 aromatic carbocycles. The van der Waals surface area contributed by atoms with Gasteiger partial charge in [-0.05, 0) is 12.1 Å². The molecule has 0 saturated heterocycles. The van der Waals surface area contributed by atoms with Crippen molar-refractivity contribution in [3.8, 4) is 5.75 Å². The van der Waals surface area contributed by atoms with Crippen molar-refractivity contribution in [2.45, 2.75) is 4.30 Å². The van der Waals surface area contributed by atoms with Gasteiger partial charge in [-0.1, -0.05) is 53.0 Å². The number of aromatic hydroxyl groups is 1. The molecule has 6 N–H and O–H groups in total. The molecule has 0 aliphatic heterocycles. The van der Waals surface area contributed by atoms with Crippen molar-refractivity contribution in [2.24, 2.45) is 11.5 Å². The quantitative estimate of drug-likeness (QED) is 0.337. The van der Waals surface area contributed by atoms with E-state index < -0.39 is 4.30 Å². The Labute approximate surface area is 115 Å². The zero-order chi connectivity index (χ0) is 12.3. The Morgan fingerprint density at radius 1 is 1.12 bits per heavy atom. The second-order valence-corrected chi connectivity index (χ2v) is 4.02. The highest BCUT2D eigenvalue weighted by Crippen LogP contribution is 2.03. The Bertz CT molecular complexity index is 252. The van der Waals surface area contributed by atoms with Crippen LogP contribution in [0.4, 0.5) is 0 Å². The van der Waals surface area contributed by atoms with Gasteiger partial charge in [-0.15, -0.1) is 12.4 Å². The van der Waals surface area contributed by atoms with E-state index in [-0.39, 0.29) is 18.4 Å². The van der Waals surface area contributed by atoms with Gasteiger partial charge in [-0.3, -0.25) is 5.41 Å². The molecule has 0 amide bonds. The average Bonchev–Trinajstić information content (AvgIpc) is 2.03. The summed E-state index contributed by atoms with van der Waals surface area (Å²) in [5.41, 5.74) is 8.94. The van der Waals surface area contributed by atoms with Crippen LogP contribution in [0.5, 0.6) is 5.75 Å². The molecule has 0 bridgehead atoms. The lowest BCUT2D eigenvalue weighted by Gasteiger charge is -1.82. The van der Waals surface area contributed by atoms with Gasteiger partial charge in [0.25, 0.3) is 0 Å². The SMILES string of the molecule is Cl.ClC(Cl)Cl.N=C(N)N.Oc1ccccc1. The molecule has 0 aromatic heterocycles. The molecule has 0 atom stereocenters. The van der Waals surface area contributed by atoms with Crippen LogP contribution in [0.1, 0.15) is 0 Å². The van der Waals surface area contributed by atoms with E-state index in [1.807, 2.05) is 6.07 Å². The molecule has 0 unspecified atom stereocenters. The highest BCUT2D eigenvalue weighted by Gasteiger charge is 1.79. The molecule has 0 radical (unpaired) electrons. The standard InChI is InChI=1S/C6H6O.CHCl3.CH5N3.ClH/c7-6-4-2-1-3-5-6;2*2-1(3)4;/h1-5,7H;1H;(H5,2,3,4);1H. The molecular weight excluding hydrogens is 296 g/mol. The van der Waals surface area contributed by atoms with E-state index in [1.54, 1.807) is 24.3 Å². The second kappa shape index (κ2) is 14.5. The summed E-state index contributed by atoms with van der Waals surface area (Å²) in [7, 11) is 0. The third-order valence-corrected chi connectivity index (χ3v) is 0.756. The fourth-order valence-electron chi connectivity index (χ4n) is 0.428. The lowest BCUT2D eigenvalue weighted by molar-refractivity contribution is 0.475. The third-order valence-electron chi connectivity index (χ3n) is 0.756. The minimum atomic E-state index is -0.750. The summed E-state index contributed by atoms with van der Waals surface area (Å²) < 4.78 is -0.750. The van der Waals surface area contributed by atoms with Crippen LogP contribution >= 0.6 is 47.2 Å². The Balaban J connectivity index is -0.000000166. The van der Waals surface area contributed by atoms with E-state index in [4.69, 9.17) is 45.3 Å². The average molecular weight is 309 g/mol. The number of halogens is 4. The molecule has 0 heterocycles. The normalized spacial score (nSPS) is 7.50. The van der Waals surface area contributed by atoms with Crippen LogP contribution in [0.25, 0.3) is 0 Å². The summed E-state index contributed by atoms with van der Waals surface area (Å²) in [4.78, 5) is 0. The molecule has 0 fully saturated rings. The molecular formula is C8H13Cl4N3O. The maximum atomic E-state index is 8.63. The molecule has 16 heavy (non-hydrogen) atoms. The van der Waals surface area contributed by atoms with E-state index in [0.29, 0.717) is 5.75 Å². The lowest BCUT2D eigenvalue weighted by atomic mass is 10.3. The van der Waals surface area contributed by atoms with E-state index >= 15 is 0 Å². The van der Waals surface area contributed by atoms with Gasteiger partial charge in [0.2, 0.25) is 0 Å². The number of alkyl halides is 3. The third kappa shape index (κ3) is 37.6. The topological polar surface area (TPSA) is 96.1 Å². The predicted molar refractivity (Wildman–Crippen MR) is 72.8 cm³/mol. The fraction of sp³-hybridized carbons (Fsp3) is 0.125. The Kier molecular flexibility index (Phi) is 18.8. The monoisotopic (exact) mass is 307 g/mol. The molecule has 0 spiro atoms. The van der Waals surface area contributed by atoms with E-state index in [0.717, 1.165) is 0 Å². The zero-order valence-corrected chi connectivity index (χ0v) is 11.2. The van der Waals surface area contributed by atoms with Crippen LogP contribution in [0.2, 0.25) is 0 Å². The molecule has 8 heteroatoms. The first-order valence-electron chi connectivity index (χ1n) is 3.62. The largest absolute Gasteiger partial charge is 0.508 e. The van der Waals surface area contributed by atoms with Gasteiger partial charge < -0.3 is 16.6 Å². The van der Waals surface area contributed by atoms with Crippen LogP contribution in [-0.2, 0) is 0 Å². The van der Waals surface area contributed by atoms with Crippen LogP contribution in [-0.4, -0.2) is 15.4 Å². The van der Waals surface area contributed by atoms with Gasteiger partial charge in [-0.2, -0.15) is 0 Å². The number of para-hydroxylation sites is 1. The molecule has 1 rings (SSSR count). The van der Waals surface area contributed by atoms with Gasteiger partial charge in [0.05, 0.1) is 0 Å². The summed E-state index contributed by atoms with van der Waals surface area (Å²) in [6.07, 6.45) is 0. The van der Waals surface area contributed by atoms with E-state index in [1.165, 1.54) is 0 Å². The van der Waals surface area contributed by atoms with Gasteiger partial charge >= 0.3 is 0 Å². The van der Waals surface area contributed by atoms with Gasteiger partial charge in [0.1, 0.15) is 5.75 Å². The van der Waals surface area contributed by atoms with Gasteiger partial charge in [0.15, 0.2) is 10.3 Å². The van der Waals surface area contributed by atoms with Crippen molar-refractivity contribution >= 4 is 53.2 Å². The van der Waals surface area contributed by atoms with Gasteiger partial charge in [0, 0.05) is 0 Å².